The Bertz CT molecular complexity index is 506. The van der Waals surface area contributed by atoms with E-state index in [1.807, 2.05) is 27.7 Å². The Labute approximate surface area is 126 Å². The van der Waals surface area contributed by atoms with E-state index in [-0.39, 0.29) is 11.8 Å². The van der Waals surface area contributed by atoms with Gasteiger partial charge >= 0.3 is 0 Å². The molecule has 116 valence electrons. The van der Waals surface area contributed by atoms with Gasteiger partial charge in [-0.25, -0.2) is 0 Å². The number of hydrogen-bond acceptors (Lipinski definition) is 3. The van der Waals surface area contributed by atoms with Crippen molar-refractivity contribution < 1.29 is 9.59 Å². The average molecular weight is 291 g/mol. The van der Waals surface area contributed by atoms with E-state index in [1.54, 1.807) is 24.3 Å². The van der Waals surface area contributed by atoms with Gasteiger partial charge in [0.2, 0.25) is 11.8 Å². The number of nitrogens with two attached hydrogens (primary N) is 1. The molecular weight excluding hydrogens is 266 g/mol. The van der Waals surface area contributed by atoms with E-state index in [1.165, 1.54) is 0 Å². The second-order valence-electron chi connectivity index (χ2n) is 6.17. The normalized spacial score (nSPS) is 12.6. The Kier molecular flexibility index (Phi) is 5.90. The summed E-state index contributed by atoms with van der Waals surface area (Å²) < 4.78 is 0. The molecule has 0 aliphatic rings. The third-order valence-electron chi connectivity index (χ3n) is 3.01. The van der Waals surface area contributed by atoms with Gasteiger partial charge in [0.05, 0.1) is 6.04 Å². The van der Waals surface area contributed by atoms with Crippen molar-refractivity contribution in [3.05, 3.63) is 24.3 Å². The van der Waals surface area contributed by atoms with Gasteiger partial charge in [0, 0.05) is 16.8 Å². The molecule has 21 heavy (non-hydrogen) atoms. The summed E-state index contributed by atoms with van der Waals surface area (Å²) in [5.41, 5.74) is 6.57. The predicted octanol–water partition coefficient (Wildman–Crippen LogP) is 2.74. The Hall–Kier alpha value is -1.88. The fourth-order valence-corrected chi connectivity index (χ4v) is 1.67. The van der Waals surface area contributed by atoms with E-state index in [0.29, 0.717) is 17.8 Å². The first-order valence-corrected chi connectivity index (χ1v) is 7.22. The number of benzene rings is 1. The summed E-state index contributed by atoms with van der Waals surface area (Å²) in [6, 6.07) is 6.54. The summed E-state index contributed by atoms with van der Waals surface area (Å²) in [5, 5.41) is 5.59. The molecule has 1 atom stereocenters. The van der Waals surface area contributed by atoms with E-state index in [2.05, 4.69) is 10.6 Å². The van der Waals surface area contributed by atoms with Crippen LogP contribution in [0.25, 0.3) is 0 Å². The summed E-state index contributed by atoms with van der Waals surface area (Å²) in [4.78, 5) is 23.8. The summed E-state index contributed by atoms with van der Waals surface area (Å²) in [6.45, 7) is 7.52. The zero-order valence-corrected chi connectivity index (χ0v) is 13.2. The van der Waals surface area contributed by atoms with E-state index in [4.69, 9.17) is 5.73 Å². The van der Waals surface area contributed by atoms with Crippen LogP contribution in [0, 0.1) is 5.41 Å². The topological polar surface area (TPSA) is 84.2 Å². The molecule has 5 nitrogen and oxygen atoms in total. The Morgan fingerprint density at radius 3 is 2.29 bits per heavy atom. The van der Waals surface area contributed by atoms with Crippen LogP contribution in [0.4, 0.5) is 11.4 Å². The second-order valence-corrected chi connectivity index (χ2v) is 6.17. The number of carbonyl (C=O) groups excluding carboxylic acids is 2. The van der Waals surface area contributed by atoms with Crippen LogP contribution in [-0.2, 0) is 9.59 Å². The zero-order chi connectivity index (χ0) is 16.0. The van der Waals surface area contributed by atoms with Crippen molar-refractivity contribution in [1.29, 1.82) is 0 Å². The molecule has 1 aromatic carbocycles. The molecule has 1 rings (SSSR count). The summed E-state index contributed by atoms with van der Waals surface area (Å²) in [7, 11) is 0. The highest BCUT2D eigenvalue weighted by atomic mass is 16.2. The van der Waals surface area contributed by atoms with Gasteiger partial charge in [-0.1, -0.05) is 40.2 Å². The van der Waals surface area contributed by atoms with Crippen LogP contribution in [0.15, 0.2) is 24.3 Å². The maximum Gasteiger partial charge on any atom is 0.241 e. The summed E-state index contributed by atoms with van der Waals surface area (Å²) in [5.74, 6) is -0.287. The monoisotopic (exact) mass is 291 g/mol. The van der Waals surface area contributed by atoms with Crippen LogP contribution >= 0.6 is 0 Å². The molecular formula is C16H25N3O2. The van der Waals surface area contributed by atoms with Crippen molar-refractivity contribution >= 4 is 23.2 Å². The third-order valence-corrected chi connectivity index (χ3v) is 3.01. The van der Waals surface area contributed by atoms with Crippen molar-refractivity contribution in [3.8, 4) is 0 Å². The average Bonchev–Trinajstić information content (AvgIpc) is 2.38. The van der Waals surface area contributed by atoms with Crippen molar-refractivity contribution in [2.45, 2.75) is 46.6 Å². The van der Waals surface area contributed by atoms with Crippen LogP contribution in [-0.4, -0.2) is 17.9 Å². The minimum absolute atomic E-state index is 0.0753. The van der Waals surface area contributed by atoms with Gasteiger partial charge in [-0.15, -0.1) is 0 Å². The van der Waals surface area contributed by atoms with Gasteiger partial charge in [-0.2, -0.15) is 0 Å². The first kappa shape index (κ1) is 17.2. The molecule has 5 heteroatoms. The molecule has 0 aliphatic carbocycles. The molecule has 0 bridgehead atoms. The number of hydrogen-bond donors (Lipinski definition) is 3. The molecule has 2 amide bonds. The van der Waals surface area contributed by atoms with Crippen LogP contribution < -0.4 is 16.4 Å². The number of carbonyl (C=O) groups is 2. The van der Waals surface area contributed by atoms with Gasteiger partial charge in [0.1, 0.15) is 0 Å². The lowest BCUT2D eigenvalue weighted by molar-refractivity contribution is -0.123. The van der Waals surface area contributed by atoms with E-state index < -0.39 is 11.5 Å². The van der Waals surface area contributed by atoms with Gasteiger partial charge in [0.25, 0.3) is 0 Å². The maximum absolute atomic E-state index is 11.9. The van der Waals surface area contributed by atoms with E-state index in [9.17, 15) is 9.59 Å². The Morgan fingerprint density at radius 2 is 1.76 bits per heavy atom. The smallest absolute Gasteiger partial charge is 0.241 e. The SMILES string of the molecule is CCC[C@@H](N)C(=O)Nc1cccc(NC(=O)C(C)(C)C)c1. The highest BCUT2D eigenvalue weighted by Crippen LogP contribution is 2.20. The first-order chi connectivity index (χ1) is 9.74. The fourth-order valence-electron chi connectivity index (χ4n) is 1.67. The number of anilines is 2. The molecule has 0 unspecified atom stereocenters. The van der Waals surface area contributed by atoms with E-state index >= 15 is 0 Å². The minimum Gasteiger partial charge on any atom is -0.326 e. The molecule has 0 heterocycles. The maximum atomic E-state index is 11.9. The molecule has 4 N–H and O–H groups in total. The minimum atomic E-state index is -0.511. The van der Waals surface area contributed by atoms with Gasteiger partial charge in [-0.3, -0.25) is 9.59 Å². The zero-order valence-electron chi connectivity index (χ0n) is 13.2. The molecule has 0 aromatic heterocycles. The van der Waals surface area contributed by atoms with Crippen LogP contribution in [0.2, 0.25) is 0 Å². The fraction of sp³-hybridized carbons (Fsp3) is 0.500. The Balaban J connectivity index is 2.73. The summed E-state index contributed by atoms with van der Waals surface area (Å²) >= 11 is 0. The lowest BCUT2D eigenvalue weighted by atomic mass is 9.95. The van der Waals surface area contributed by atoms with Crippen molar-refractivity contribution in [2.24, 2.45) is 11.1 Å². The first-order valence-electron chi connectivity index (χ1n) is 7.22. The Morgan fingerprint density at radius 1 is 1.19 bits per heavy atom. The van der Waals surface area contributed by atoms with Gasteiger partial charge in [-0.05, 0) is 24.6 Å². The lowest BCUT2D eigenvalue weighted by Crippen LogP contribution is -2.35. The number of amides is 2. The second kappa shape index (κ2) is 7.22. The van der Waals surface area contributed by atoms with Gasteiger partial charge < -0.3 is 16.4 Å². The molecule has 0 fully saturated rings. The molecule has 1 aromatic rings. The third kappa shape index (κ3) is 5.55. The molecule has 0 radical (unpaired) electrons. The lowest BCUT2D eigenvalue weighted by Gasteiger charge is -2.18. The molecule has 0 saturated heterocycles. The van der Waals surface area contributed by atoms with Crippen molar-refractivity contribution in [3.63, 3.8) is 0 Å². The number of nitrogens with one attached hydrogen (secondary N) is 2. The molecule has 0 aliphatic heterocycles. The largest absolute Gasteiger partial charge is 0.326 e. The van der Waals surface area contributed by atoms with E-state index in [0.717, 1.165) is 6.42 Å². The van der Waals surface area contributed by atoms with Crippen LogP contribution in [0.1, 0.15) is 40.5 Å². The summed E-state index contributed by atoms with van der Waals surface area (Å²) in [6.07, 6.45) is 1.50. The van der Waals surface area contributed by atoms with Crippen molar-refractivity contribution in [2.75, 3.05) is 10.6 Å². The van der Waals surface area contributed by atoms with Crippen LogP contribution in [0.5, 0.6) is 0 Å². The van der Waals surface area contributed by atoms with Gasteiger partial charge in [0.15, 0.2) is 0 Å². The highest BCUT2D eigenvalue weighted by molar-refractivity contribution is 5.97. The quantitative estimate of drug-likeness (QED) is 0.780. The standard InChI is InChI=1S/C16H25N3O2/c1-5-7-13(17)14(20)18-11-8-6-9-12(10-11)19-15(21)16(2,3)4/h6,8-10,13H,5,7,17H2,1-4H3,(H,18,20)(H,19,21)/t13-/m1/s1. The molecule has 0 saturated carbocycles. The predicted molar refractivity (Wildman–Crippen MR) is 86.0 cm³/mol. The highest BCUT2D eigenvalue weighted by Gasteiger charge is 2.21. The van der Waals surface area contributed by atoms with Crippen molar-refractivity contribution in [1.82, 2.24) is 0 Å². The molecule has 0 spiro atoms. The van der Waals surface area contributed by atoms with Crippen LogP contribution in [0.3, 0.4) is 0 Å². The number of rotatable bonds is 5.